The van der Waals surface area contributed by atoms with Crippen LogP contribution in [0.3, 0.4) is 0 Å². The van der Waals surface area contributed by atoms with Gasteiger partial charge in [0.05, 0.1) is 5.52 Å². The van der Waals surface area contributed by atoms with Gasteiger partial charge in [0.1, 0.15) is 3.70 Å². The monoisotopic (exact) mass is 327 g/mol. The molecular formula is C12H14IN3. The van der Waals surface area contributed by atoms with Crippen molar-refractivity contribution in [2.45, 2.75) is 19.4 Å². The highest BCUT2D eigenvalue weighted by Crippen LogP contribution is 2.29. The van der Waals surface area contributed by atoms with Crippen LogP contribution in [0.1, 0.15) is 24.9 Å². The highest BCUT2D eigenvalue weighted by molar-refractivity contribution is 14.1. The first-order chi connectivity index (χ1) is 7.74. The van der Waals surface area contributed by atoms with E-state index in [1.165, 1.54) is 17.4 Å². The minimum Gasteiger partial charge on any atom is -0.310 e. The first-order valence-corrected chi connectivity index (χ1v) is 6.69. The third-order valence-corrected chi connectivity index (χ3v) is 4.12. The Morgan fingerprint density at radius 3 is 3.06 bits per heavy atom. The van der Waals surface area contributed by atoms with Gasteiger partial charge in [-0.25, -0.2) is 0 Å². The standard InChI is InChI=1S/C12H14IN3/c1-7-4-10(14-6-7)8-2-3-9-11(5-8)15-16-12(9)13/h2-3,5,7,10,14H,4,6H2,1H3,(H,15,16)/t7?,10-/m1/s1. The van der Waals surface area contributed by atoms with Crippen LogP contribution >= 0.6 is 22.6 Å². The van der Waals surface area contributed by atoms with E-state index < -0.39 is 0 Å². The number of hydrogen-bond donors (Lipinski definition) is 2. The molecule has 0 amide bonds. The second kappa shape index (κ2) is 4.00. The number of aromatic nitrogens is 2. The number of hydrogen-bond acceptors (Lipinski definition) is 2. The van der Waals surface area contributed by atoms with E-state index in [4.69, 9.17) is 0 Å². The molecule has 1 aliphatic heterocycles. The molecule has 0 bridgehead atoms. The molecule has 2 heterocycles. The van der Waals surface area contributed by atoms with Gasteiger partial charge in [0, 0.05) is 11.4 Å². The third kappa shape index (κ3) is 1.73. The van der Waals surface area contributed by atoms with Crippen molar-refractivity contribution >= 4 is 33.5 Å². The molecule has 1 aliphatic rings. The van der Waals surface area contributed by atoms with E-state index in [-0.39, 0.29) is 0 Å². The summed E-state index contributed by atoms with van der Waals surface area (Å²) in [5.41, 5.74) is 2.51. The van der Waals surface area contributed by atoms with Crippen LogP contribution in [0.2, 0.25) is 0 Å². The molecule has 84 valence electrons. The van der Waals surface area contributed by atoms with Crippen molar-refractivity contribution in [3.63, 3.8) is 0 Å². The maximum absolute atomic E-state index is 4.22. The maximum Gasteiger partial charge on any atom is 0.130 e. The average Bonchev–Trinajstić information content (AvgIpc) is 2.86. The third-order valence-electron chi connectivity index (χ3n) is 3.29. The van der Waals surface area contributed by atoms with Gasteiger partial charge in [-0.3, -0.25) is 5.10 Å². The zero-order valence-electron chi connectivity index (χ0n) is 9.13. The fourth-order valence-corrected chi connectivity index (χ4v) is 2.98. The van der Waals surface area contributed by atoms with Gasteiger partial charge in [-0.15, -0.1) is 0 Å². The van der Waals surface area contributed by atoms with Crippen LogP contribution in [0.4, 0.5) is 0 Å². The van der Waals surface area contributed by atoms with Gasteiger partial charge < -0.3 is 5.32 Å². The van der Waals surface area contributed by atoms with Crippen LogP contribution in [0, 0.1) is 9.62 Å². The Kier molecular flexibility index (Phi) is 2.63. The molecule has 0 aliphatic carbocycles. The van der Waals surface area contributed by atoms with Crippen LogP contribution in [-0.4, -0.2) is 16.7 Å². The molecule has 0 radical (unpaired) electrons. The predicted octanol–water partition coefficient (Wildman–Crippen LogP) is 2.84. The smallest absolute Gasteiger partial charge is 0.130 e. The zero-order valence-corrected chi connectivity index (χ0v) is 11.3. The summed E-state index contributed by atoms with van der Waals surface area (Å²) < 4.78 is 1.05. The lowest BCUT2D eigenvalue weighted by molar-refractivity contribution is 0.612. The number of benzene rings is 1. The normalized spacial score (nSPS) is 25.4. The molecule has 1 aromatic carbocycles. The lowest BCUT2D eigenvalue weighted by Gasteiger charge is -2.10. The summed E-state index contributed by atoms with van der Waals surface area (Å²) in [4.78, 5) is 0. The second-order valence-electron chi connectivity index (χ2n) is 4.62. The summed E-state index contributed by atoms with van der Waals surface area (Å²) in [6.45, 7) is 3.42. The predicted molar refractivity (Wildman–Crippen MR) is 73.3 cm³/mol. The number of H-pyrrole nitrogens is 1. The van der Waals surface area contributed by atoms with Crippen LogP contribution in [-0.2, 0) is 0 Å². The Morgan fingerprint density at radius 1 is 1.44 bits per heavy atom. The van der Waals surface area contributed by atoms with Crippen molar-refractivity contribution in [3.05, 3.63) is 27.5 Å². The molecule has 3 nitrogen and oxygen atoms in total. The molecule has 1 fully saturated rings. The molecule has 16 heavy (non-hydrogen) atoms. The maximum atomic E-state index is 4.22. The molecule has 0 spiro atoms. The summed E-state index contributed by atoms with van der Waals surface area (Å²) in [6.07, 6.45) is 1.23. The van der Waals surface area contributed by atoms with E-state index in [1.807, 2.05) is 0 Å². The van der Waals surface area contributed by atoms with E-state index in [2.05, 4.69) is 63.2 Å². The summed E-state index contributed by atoms with van der Waals surface area (Å²) in [6, 6.07) is 7.12. The Morgan fingerprint density at radius 2 is 2.31 bits per heavy atom. The van der Waals surface area contributed by atoms with Gasteiger partial charge in [0.25, 0.3) is 0 Å². The molecule has 1 saturated heterocycles. The van der Waals surface area contributed by atoms with Gasteiger partial charge >= 0.3 is 0 Å². The van der Waals surface area contributed by atoms with Gasteiger partial charge in [-0.2, -0.15) is 5.10 Å². The number of fused-ring (bicyclic) bond motifs is 1. The van der Waals surface area contributed by atoms with Crippen LogP contribution < -0.4 is 5.32 Å². The number of aromatic amines is 1. The molecule has 2 atom stereocenters. The van der Waals surface area contributed by atoms with Gasteiger partial charge in [0.2, 0.25) is 0 Å². The minimum atomic E-state index is 0.514. The highest BCUT2D eigenvalue weighted by atomic mass is 127. The lowest BCUT2D eigenvalue weighted by atomic mass is 10.0. The summed E-state index contributed by atoms with van der Waals surface area (Å²) in [5, 5.41) is 12.1. The van der Waals surface area contributed by atoms with Crippen molar-refractivity contribution < 1.29 is 0 Å². The van der Waals surface area contributed by atoms with Crippen molar-refractivity contribution in [1.29, 1.82) is 0 Å². The number of nitrogens with one attached hydrogen (secondary N) is 2. The first-order valence-electron chi connectivity index (χ1n) is 5.61. The van der Waals surface area contributed by atoms with Gasteiger partial charge in [-0.1, -0.05) is 13.0 Å². The Bertz CT molecular complexity index is 520. The van der Waals surface area contributed by atoms with Crippen molar-refractivity contribution in [3.8, 4) is 0 Å². The Hall–Kier alpha value is -0.620. The van der Waals surface area contributed by atoms with Gasteiger partial charge in [0.15, 0.2) is 0 Å². The molecule has 4 heteroatoms. The minimum absolute atomic E-state index is 0.514. The summed E-state index contributed by atoms with van der Waals surface area (Å²) in [5.74, 6) is 0.780. The molecule has 0 saturated carbocycles. The number of rotatable bonds is 1. The van der Waals surface area contributed by atoms with Gasteiger partial charge in [-0.05, 0) is 59.2 Å². The lowest BCUT2D eigenvalue weighted by Crippen LogP contribution is -2.13. The Labute approximate surface area is 108 Å². The van der Waals surface area contributed by atoms with E-state index in [0.717, 1.165) is 21.7 Å². The summed E-state index contributed by atoms with van der Waals surface area (Å²) in [7, 11) is 0. The van der Waals surface area contributed by atoms with E-state index in [1.54, 1.807) is 0 Å². The summed E-state index contributed by atoms with van der Waals surface area (Å²) >= 11 is 2.26. The number of halogens is 1. The zero-order chi connectivity index (χ0) is 11.1. The van der Waals surface area contributed by atoms with E-state index in [0.29, 0.717) is 6.04 Å². The largest absolute Gasteiger partial charge is 0.310 e. The average molecular weight is 327 g/mol. The quantitative estimate of drug-likeness (QED) is 0.791. The second-order valence-corrected chi connectivity index (χ2v) is 5.64. The van der Waals surface area contributed by atoms with E-state index in [9.17, 15) is 0 Å². The van der Waals surface area contributed by atoms with Crippen LogP contribution in [0.15, 0.2) is 18.2 Å². The first kappa shape index (κ1) is 10.5. The van der Waals surface area contributed by atoms with E-state index >= 15 is 0 Å². The molecule has 1 unspecified atom stereocenters. The molecule has 3 rings (SSSR count). The van der Waals surface area contributed by atoms with Crippen molar-refractivity contribution in [2.24, 2.45) is 5.92 Å². The topological polar surface area (TPSA) is 40.7 Å². The van der Waals surface area contributed by atoms with Crippen molar-refractivity contribution in [1.82, 2.24) is 15.5 Å². The number of nitrogens with zero attached hydrogens (tertiary/aromatic N) is 1. The fourth-order valence-electron chi connectivity index (χ4n) is 2.39. The molecule has 2 N–H and O–H groups in total. The van der Waals surface area contributed by atoms with Crippen LogP contribution in [0.25, 0.3) is 10.9 Å². The molecular weight excluding hydrogens is 313 g/mol. The van der Waals surface area contributed by atoms with Crippen LogP contribution in [0.5, 0.6) is 0 Å². The van der Waals surface area contributed by atoms with Crippen molar-refractivity contribution in [2.75, 3.05) is 6.54 Å². The fraction of sp³-hybridized carbons (Fsp3) is 0.417. The molecule has 2 aromatic rings. The Balaban J connectivity index is 1.99. The highest BCUT2D eigenvalue weighted by Gasteiger charge is 2.22. The molecule has 1 aromatic heterocycles. The SMILES string of the molecule is CC1CN[C@@H](c2ccc3c(I)n[nH]c3c2)C1.